The van der Waals surface area contributed by atoms with Crippen LogP contribution in [0.15, 0.2) is 47.4 Å². The third-order valence-corrected chi connectivity index (χ3v) is 6.39. The van der Waals surface area contributed by atoms with Crippen LogP contribution < -0.4 is 10.1 Å². The molecule has 2 rings (SSSR count). The molecule has 0 saturated carbocycles. The summed E-state index contributed by atoms with van der Waals surface area (Å²) in [7, 11) is -3.50. The van der Waals surface area contributed by atoms with Gasteiger partial charge in [-0.15, -0.1) is 0 Å². The lowest BCUT2D eigenvalue weighted by Crippen LogP contribution is -2.31. The molecule has 0 bridgehead atoms. The van der Waals surface area contributed by atoms with Gasteiger partial charge < -0.3 is 10.1 Å². The molecule has 0 radical (unpaired) electrons. The van der Waals surface area contributed by atoms with Crippen LogP contribution in [0.3, 0.4) is 0 Å². The number of nitrogens with one attached hydrogen (secondary N) is 1. The van der Waals surface area contributed by atoms with Crippen LogP contribution in [-0.4, -0.2) is 39.0 Å². The van der Waals surface area contributed by atoms with Gasteiger partial charge in [0.1, 0.15) is 12.4 Å². The fraction of sp³-hybridized carbons (Fsp3) is 0.350. The van der Waals surface area contributed by atoms with Crippen molar-refractivity contribution in [3.05, 3.63) is 53.6 Å². The highest BCUT2D eigenvalue weighted by atomic mass is 32.2. The molecule has 0 aromatic heterocycles. The lowest BCUT2D eigenvalue weighted by atomic mass is 10.2. The van der Waals surface area contributed by atoms with E-state index in [9.17, 15) is 8.42 Å². The molecule has 0 unspecified atom stereocenters. The Bertz CT molecular complexity index is 899. The molecule has 1 N–H and O–H groups in total. The standard InChI is InChI=1S/C20H25N3O3S/c1-4-23(5-2)27(24,25)20-14-18(9-6-16(20)3)22-12-13-26-19-10-7-17(15-21)8-11-19/h6-11,14,22H,4-5,12-13H2,1-3H3. The molecule has 2 aromatic carbocycles. The summed E-state index contributed by atoms with van der Waals surface area (Å²) in [6.07, 6.45) is 0. The molecule has 6 nitrogen and oxygen atoms in total. The number of ether oxygens (including phenoxy) is 1. The van der Waals surface area contributed by atoms with Crippen molar-refractivity contribution in [2.75, 3.05) is 31.6 Å². The Labute approximate surface area is 161 Å². The van der Waals surface area contributed by atoms with Crippen molar-refractivity contribution in [3.8, 4) is 11.8 Å². The average Bonchev–Trinajstić information content (AvgIpc) is 2.67. The Morgan fingerprint density at radius 3 is 2.37 bits per heavy atom. The molecular formula is C20H25N3O3S. The Balaban J connectivity index is 2.00. The Hall–Kier alpha value is -2.56. The van der Waals surface area contributed by atoms with Gasteiger partial charge in [-0.05, 0) is 48.9 Å². The van der Waals surface area contributed by atoms with Gasteiger partial charge in [0.2, 0.25) is 10.0 Å². The van der Waals surface area contributed by atoms with Crippen LogP contribution >= 0.6 is 0 Å². The Morgan fingerprint density at radius 2 is 1.78 bits per heavy atom. The molecule has 0 saturated heterocycles. The molecule has 144 valence electrons. The van der Waals surface area contributed by atoms with Crippen LogP contribution in [0, 0.1) is 18.3 Å². The van der Waals surface area contributed by atoms with Crippen LogP contribution in [0.1, 0.15) is 25.0 Å². The van der Waals surface area contributed by atoms with Gasteiger partial charge in [0, 0.05) is 25.3 Å². The van der Waals surface area contributed by atoms with Crippen molar-refractivity contribution in [1.82, 2.24) is 4.31 Å². The first-order chi connectivity index (χ1) is 12.9. The summed E-state index contributed by atoms with van der Waals surface area (Å²) in [6, 6.07) is 14.3. The number of sulfonamides is 1. The third-order valence-electron chi connectivity index (χ3n) is 4.19. The van der Waals surface area contributed by atoms with Gasteiger partial charge in [0.25, 0.3) is 0 Å². The van der Waals surface area contributed by atoms with E-state index in [4.69, 9.17) is 10.00 Å². The minimum atomic E-state index is -3.50. The average molecular weight is 388 g/mol. The zero-order chi connectivity index (χ0) is 19.9. The predicted molar refractivity (Wildman–Crippen MR) is 106 cm³/mol. The van der Waals surface area contributed by atoms with E-state index in [1.165, 1.54) is 4.31 Å². The second-order valence-corrected chi connectivity index (χ2v) is 7.89. The molecular weight excluding hydrogens is 362 g/mol. The van der Waals surface area contributed by atoms with Gasteiger partial charge in [-0.3, -0.25) is 0 Å². The summed E-state index contributed by atoms with van der Waals surface area (Å²) >= 11 is 0. The predicted octanol–water partition coefficient (Wildman–Crippen LogP) is 3.39. The first kappa shape index (κ1) is 20.7. The number of hydrogen-bond donors (Lipinski definition) is 1. The van der Waals surface area contributed by atoms with Crippen molar-refractivity contribution in [3.63, 3.8) is 0 Å². The lowest BCUT2D eigenvalue weighted by Gasteiger charge is -2.20. The molecule has 0 aliphatic rings. The zero-order valence-electron chi connectivity index (χ0n) is 15.9. The van der Waals surface area contributed by atoms with E-state index < -0.39 is 10.0 Å². The molecule has 2 aromatic rings. The smallest absolute Gasteiger partial charge is 0.243 e. The van der Waals surface area contributed by atoms with Crippen LogP contribution in [0.2, 0.25) is 0 Å². The van der Waals surface area contributed by atoms with Crippen LogP contribution in [0.4, 0.5) is 5.69 Å². The minimum Gasteiger partial charge on any atom is -0.492 e. The Kier molecular flexibility index (Phi) is 7.22. The summed E-state index contributed by atoms with van der Waals surface area (Å²) < 4.78 is 32.6. The van der Waals surface area contributed by atoms with E-state index in [1.54, 1.807) is 43.3 Å². The van der Waals surface area contributed by atoms with Crippen molar-refractivity contribution in [1.29, 1.82) is 5.26 Å². The Morgan fingerprint density at radius 1 is 1.11 bits per heavy atom. The summed E-state index contributed by atoms with van der Waals surface area (Å²) in [6.45, 7) is 7.28. The van der Waals surface area contributed by atoms with Gasteiger partial charge >= 0.3 is 0 Å². The molecule has 0 fully saturated rings. The van der Waals surface area contributed by atoms with Crippen molar-refractivity contribution in [2.24, 2.45) is 0 Å². The van der Waals surface area contributed by atoms with E-state index in [0.717, 1.165) is 11.3 Å². The number of nitriles is 1. The normalized spacial score (nSPS) is 11.2. The largest absolute Gasteiger partial charge is 0.492 e. The third kappa shape index (κ3) is 5.22. The summed E-state index contributed by atoms with van der Waals surface area (Å²) in [4.78, 5) is 0.323. The summed E-state index contributed by atoms with van der Waals surface area (Å²) in [5.74, 6) is 0.685. The van der Waals surface area contributed by atoms with E-state index in [2.05, 4.69) is 11.4 Å². The number of nitrogens with zero attached hydrogens (tertiary/aromatic N) is 2. The van der Waals surface area contributed by atoms with E-state index in [0.29, 0.717) is 42.4 Å². The molecule has 7 heteroatoms. The maximum atomic E-state index is 12.8. The lowest BCUT2D eigenvalue weighted by molar-refractivity contribution is 0.333. The maximum Gasteiger partial charge on any atom is 0.243 e. The highest BCUT2D eigenvalue weighted by Gasteiger charge is 2.23. The highest BCUT2D eigenvalue weighted by Crippen LogP contribution is 2.23. The molecule has 0 aliphatic heterocycles. The quantitative estimate of drug-likeness (QED) is 0.667. The number of benzene rings is 2. The summed E-state index contributed by atoms with van der Waals surface area (Å²) in [5, 5.41) is 12.0. The molecule has 0 aliphatic carbocycles. The maximum absolute atomic E-state index is 12.8. The molecule has 27 heavy (non-hydrogen) atoms. The first-order valence-corrected chi connectivity index (χ1v) is 10.3. The highest BCUT2D eigenvalue weighted by molar-refractivity contribution is 7.89. The summed E-state index contributed by atoms with van der Waals surface area (Å²) in [5.41, 5.74) is 2.04. The molecule has 0 spiro atoms. The van der Waals surface area contributed by atoms with Crippen LogP contribution in [0.25, 0.3) is 0 Å². The topological polar surface area (TPSA) is 82.4 Å². The molecule has 0 heterocycles. The SMILES string of the molecule is CCN(CC)S(=O)(=O)c1cc(NCCOc2ccc(C#N)cc2)ccc1C. The van der Waals surface area contributed by atoms with Crippen LogP contribution in [-0.2, 0) is 10.0 Å². The fourth-order valence-corrected chi connectivity index (χ4v) is 4.39. The number of rotatable bonds is 9. The number of aryl methyl sites for hydroxylation is 1. The van der Waals surface area contributed by atoms with Gasteiger partial charge in [0.15, 0.2) is 0 Å². The zero-order valence-corrected chi connectivity index (χ0v) is 16.7. The van der Waals surface area contributed by atoms with Crippen molar-refractivity contribution in [2.45, 2.75) is 25.7 Å². The molecule has 0 atom stereocenters. The van der Waals surface area contributed by atoms with Gasteiger partial charge in [-0.2, -0.15) is 9.57 Å². The monoisotopic (exact) mass is 387 g/mol. The van der Waals surface area contributed by atoms with Gasteiger partial charge in [-0.25, -0.2) is 8.42 Å². The van der Waals surface area contributed by atoms with E-state index in [-0.39, 0.29) is 0 Å². The van der Waals surface area contributed by atoms with Crippen LogP contribution in [0.5, 0.6) is 5.75 Å². The first-order valence-electron chi connectivity index (χ1n) is 8.90. The number of hydrogen-bond acceptors (Lipinski definition) is 5. The van der Waals surface area contributed by atoms with E-state index in [1.807, 2.05) is 19.9 Å². The second-order valence-electron chi connectivity index (χ2n) is 5.98. The van der Waals surface area contributed by atoms with Crippen molar-refractivity contribution >= 4 is 15.7 Å². The second kappa shape index (κ2) is 9.40. The number of anilines is 1. The molecule has 0 amide bonds. The van der Waals surface area contributed by atoms with Gasteiger partial charge in [-0.1, -0.05) is 19.9 Å². The van der Waals surface area contributed by atoms with E-state index >= 15 is 0 Å². The van der Waals surface area contributed by atoms with Crippen molar-refractivity contribution < 1.29 is 13.2 Å². The van der Waals surface area contributed by atoms with Gasteiger partial charge in [0.05, 0.1) is 16.5 Å². The fourth-order valence-electron chi connectivity index (χ4n) is 2.68. The minimum absolute atomic E-state index is 0.323.